The molecule has 0 aliphatic carbocycles. The highest BCUT2D eigenvalue weighted by molar-refractivity contribution is 5.85. The van der Waals surface area contributed by atoms with Crippen molar-refractivity contribution in [1.82, 2.24) is 15.0 Å². The Balaban J connectivity index is 1.31. The number of rotatable bonds is 5. The summed E-state index contributed by atoms with van der Waals surface area (Å²) in [4.78, 5) is 17.1. The van der Waals surface area contributed by atoms with Gasteiger partial charge in [-0.1, -0.05) is 47.6 Å². The maximum absolute atomic E-state index is 12.6. The van der Waals surface area contributed by atoms with E-state index in [0.717, 1.165) is 49.7 Å². The number of hydrogen-bond acceptors (Lipinski definition) is 4. The molecule has 146 valence electrons. The van der Waals surface area contributed by atoms with Crippen molar-refractivity contribution in [3.63, 3.8) is 0 Å². The second-order valence-corrected chi connectivity index (χ2v) is 7.60. The normalized spacial score (nSPS) is 15.3. The Labute approximate surface area is 165 Å². The molecule has 0 unspecified atom stereocenters. The van der Waals surface area contributed by atoms with E-state index in [1.165, 1.54) is 16.3 Å². The Morgan fingerprint density at radius 2 is 1.79 bits per heavy atom. The average molecular weight is 377 g/mol. The SMILES string of the molecule is Cc1noc(C)c1CCC(=O)N1CCN(Cc2cccc3ccccc23)CC1. The molecule has 0 saturated carbocycles. The number of carbonyl (C=O) groups is 1. The van der Waals surface area contributed by atoms with Crippen LogP contribution in [-0.4, -0.2) is 47.0 Å². The minimum atomic E-state index is 0.227. The molecule has 2 aromatic carbocycles. The molecule has 1 aliphatic rings. The molecule has 1 aliphatic heterocycles. The van der Waals surface area contributed by atoms with Crippen molar-refractivity contribution < 1.29 is 9.32 Å². The van der Waals surface area contributed by atoms with Crippen molar-refractivity contribution in [2.24, 2.45) is 0 Å². The van der Waals surface area contributed by atoms with Crippen LogP contribution in [0.25, 0.3) is 10.8 Å². The van der Waals surface area contributed by atoms with Gasteiger partial charge in [-0.3, -0.25) is 9.69 Å². The summed E-state index contributed by atoms with van der Waals surface area (Å²) in [6, 6.07) is 15.0. The van der Waals surface area contributed by atoms with Crippen molar-refractivity contribution >= 4 is 16.7 Å². The molecule has 5 heteroatoms. The van der Waals surface area contributed by atoms with E-state index in [9.17, 15) is 4.79 Å². The summed E-state index contributed by atoms with van der Waals surface area (Å²) in [6.07, 6.45) is 1.22. The van der Waals surface area contributed by atoms with E-state index in [0.29, 0.717) is 12.8 Å². The van der Waals surface area contributed by atoms with Crippen molar-refractivity contribution in [3.8, 4) is 0 Å². The van der Waals surface area contributed by atoms with Gasteiger partial charge in [-0.25, -0.2) is 0 Å². The lowest BCUT2D eigenvalue weighted by Gasteiger charge is -2.35. The van der Waals surface area contributed by atoms with E-state index in [4.69, 9.17) is 4.52 Å². The van der Waals surface area contributed by atoms with Crippen LogP contribution in [-0.2, 0) is 17.8 Å². The van der Waals surface area contributed by atoms with Crippen molar-refractivity contribution in [1.29, 1.82) is 0 Å². The van der Waals surface area contributed by atoms with E-state index >= 15 is 0 Å². The highest BCUT2D eigenvalue weighted by atomic mass is 16.5. The molecule has 28 heavy (non-hydrogen) atoms. The Bertz CT molecular complexity index is 946. The summed E-state index contributed by atoms with van der Waals surface area (Å²) < 4.78 is 5.19. The first kappa shape index (κ1) is 18.7. The maximum atomic E-state index is 12.6. The standard InChI is InChI=1S/C23H27N3O2/c1-17-21(18(2)28-24-17)10-11-23(27)26-14-12-25(13-15-26)16-20-8-5-7-19-6-3-4-9-22(19)20/h3-9H,10-16H2,1-2H3. The highest BCUT2D eigenvalue weighted by Crippen LogP contribution is 2.21. The topological polar surface area (TPSA) is 49.6 Å². The zero-order chi connectivity index (χ0) is 19.5. The number of piperazine rings is 1. The van der Waals surface area contributed by atoms with Crippen molar-refractivity contribution in [2.75, 3.05) is 26.2 Å². The average Bonchev–Trinajstić information content (AvgIpc) is 3.04. The summed E-state index contributed by atoms with van der Waals surface area (Å²) >= 11 is 0. The van der Waals surface area contributed by atoms with E-state index < -0.39 is 0 Å². The van der Waals surface area contributed by atoms with Gasteiger partial charge in [0, 0.05) is 44.7 Å². The molecular formula is C23H27N3O2. The van der Waals surface area contributed by atoms with Gasteiger partial charge >= 0.3 is 0 Å². The number of hydrogen-bond donors (Lipinski definition) is 0. The van der Waals surface area contributed by atoms with Gasteiger partial charge in [0.25, 0.3) is 0 Å². The number of amides is 1. The lowest BCUT2D eigenvalue weighted by Crippen LogP contribution is -2.48. The fraction of sp³-hybridized carbons (Fsp3) is 0.391. The van der Waals surface area contributed by atoms with Crippen LogP contribution in [0.2, 0.25) is 0 Å². The number of fused-ring (bicyclic) bond motifs is 1. The fourth-order valence-corrected chi connectivity index (χ4v) is 4.08. The third-order valence-corrected chi connectivity index (χ3v) is 5.77. The number of aromatic nitrogens is 1. The van der Waals surface area contributed by atoms with Crippen LogP contribution >= 0.6 is 0 Å². The summed E-state index contributed by atoms with van der Waals surface area (Å²) in [5.74, 6) is 1.05. The van der Waals surface area contributed by atoms with Crippen LogP contribution in [0.15, 0.2) is 47.0 Å². The smallest absolute Gasteiger partial charge is 0.222 e. The van der Waals surface area contributed by atoms with E-state index in [1.54, 1.807) is 0 Å². The van der Waals surface area contributed by atoms with Crippen LogP contribution < -0.4 is 0 Å². The predicted octanol–water partition coefficient (Wildman–Crippen LogP) is 3.72. The molecule has 0 spiro atoms. The van der Waals surface area contributed by atoms with Gasteiger partial charge in [0.2, 0.25) is 5.91 Å². The molecular weight excluding hydrogens is 350 g/mol. The van der Waals surface area contributed by atoms with Gasteiger partial charge in [0.15, 0.2) is 0 Å². The number of benzene rings is 2. The summed E-state index contributed by atoms with van der Waals surface area (Å²) in [7, 11) is 0. The highest BCUT2D eigenvalue weighted by Gasteiger charge is 2.22. The molecule has 0 bridgehead atoms. The molecule has 1 amide bonds. The minimum absolute atomic E-state index is 0.227. The largest absolute Gasteiger partial charge is 0.361 e. The van der Waals surface area contributed by atoms with Crippen molar-refractivity contribution in [2.45, 2.75) is 33.2 Å². The van der Waals surface area contributed by atoms with E-state index in [2.05, 4.69) is 52.5 Å². The Hall–Kier alpha value is -2.66. The molecule has 0 radical (unpaired) electrons. The molecule has 0 N–H and O–H groups in total. The summed E-state index contributed by atoms with van der Waals surface area (Å²) in [6.45, 7) is 8.20. The first-order valence-electron chi connectivity index (χ1n) is 10.0. The fourth-order valence-electron chi connectivity index (χ4n) is 4.08. The lowest BCUT2D eigenvalue weighted by molar-refractivity contribution is -0.133. The van der Waals surface area contributed by atoms with Gasteiger partial charge in [-0.05, 0) is 36.6 Å². The molecule has 0 atom stereocenters. The third-order valence-electron chi connectivity index (χ3n) is 5.77. The van der Waals surface area contributed by atoms with E-state index in [-0.39, 0.29) is 5.91 Å². The zero-order valence-corrected chi connectivity index (χ0v) is 16.6. The second kappa shape index (κ2) is 8.15. The van der Waals surface area contributed by atoms with Crippen LogP contribution in [0.4, 0.5) is 0 Å². The Kier molecular flexibility index (Phi) is 5.44. The van der Waals surface area contributed by atoms with Crippen LogP contribution in [0.5, 0.6) is 0 Å². The van der Waals surface area contributed by atoms with Crippen LogP contribution in [0.1, 0.15) is 29.0 Å². The first-order chi connectivity index (χ1) is 13.6. The van der Waals surface area contributed by atoms with Crippen LogP contribution in [0.3, 0.4) is 0 Å². The third kappa shape index (κ3) is 3.94. The van der Waals surface area contributed by atoms with Gasteiger partial charge in [-0.15, -0.1) is 0 Å². The van der Waals surface area contributed by atoms with Crippen LogP contribution in [0, 0.1) is 13.8 Å². The quantitative estimate of drug-likeness (QED) is 0.680. The van der Waals surface area contributed by atoms with Gasteiger partial charge in [0.1, 0.15) is 5.76 Å². The van der Waals surface area contributed by atoms with Crippen molar-refractivity contribution in [3.05, 3.63) is 65.0 Å². The van der Waals surface area contributed by atoms with Gasteiger partial charge in [0.05, 0.1) is 5.69 Å². The number of nitrogens with zero attached hydrogens (tertiary/aromatic N) is 3. The van der Waals surface area contributed by atoms with Gasteiger partial charge in [-0.2, -0.15) is 0 Å². The summed E-state index contributed by atoms with van der Waals surface area (Å²) in [5.41, 5.74) is 3.32. The van der Waals surface area contributed by atoms with E-state index in [1.807, 2.05) is 18.7 Å². The molecule has 4 rings (SSSR count). The zero-order valence-electron chi connectivity index (χ0n) is 16.6. The summed E-state index contributed by atoms with van der Waals surface area (Å²) in [5, 5.41) is 6.58. The van der Waals surface area contributed by atoms with Gasteiger partial charge < -0.3 is 9.42 Å². The molecule has 1 saturated heterocycles. The number of aryl methyl sites for hydroxylation is 2. The first-order valence-corrected chi connectivity index (χ1v) is 10.0. The second-order valence-electron chi connectivity index (χ2n) is 7.60. The Morgan fingerprint density at radius 1 is 1.04 bits per heavy atom. The minimum Gasteiger partial charge on any atom is -0.361 e. The molecule has 1 aromatic heterocycles. The molecule has 1 fully saturated rings. The molecule has 5 nitrogen and oxygen atoms in total. The molecule has 2 heterocycles. The Morgan fingerprint density at radius 3 is 2.54 bits per heavy atom. The predicted molar refractivity (Wildman–Crippen MR) is 110 cm³/mol. The monoisotopic (exact) mass is 377 g/mol. The molecule has 3 aromatic rings. The maximum Gasteiger partial charge on any atom is 0.222 e. The lowest BCUT2D eigenvalue weighted by atomic mass is 10.0. The number of carbonyl (C=O) groups excluding carboxylic acids is 1.